The van der Waals surface area contributed by atoms with Crippen LogP contribution in [0.1, 0.15) is 98.3 Å². The van der Waals surface area contributed by atoms with Gasteiger partial charge in [-0.25, -0.2) is 9.59 Å². The van der Waals surface area contributed by atoms with E-state index < -0.39 is 30.3 Å². The molecule has 2 aromatic rings. The zero-order valence-electron chi connectivity index (χ0n) is 23.8. The highest BCUT2D eigenvalue weighted by Crippen LogP contribution is 2.43. The van der Waals surface area contributed by atoms with E-state index in [1.54, 1.807) is 48.5 Å². The van der Waals surface area contributed by atoms with Crippen molar-refractivity contribution in [2.75, 3.05) is 7.11 Å². The average Bonchev–Trinajstić information content (AvgIpc) is 3.29. The summed E-state index contributed by atoms with van der Waals surface area (Å²) in [4.78, 5) is 37.8. The minimum absolute atomic E-state index is 0.0678. The number of carbonyl (C=O) groups is 3. The van der Waals surface area contributed by atoms with Crippen LogP contribution in [0.2, 0.25) is 0 Å². The van der Waals surface area contributed by atoms with Crippen molar-refractivity contribution in [1.29, 1.82) is 0 Å². The van der Waals surface area contributed by atoms with Gasteiger partial charge in [0.15, 0.2) is 0 Å². The molecule has 40 heavy (non-hydrogen) atoms. The zero-order valence-corrected chi connectivity index (χ0v) is 23.8. The van der Waals surface area contributed by atoms with Gasteiger partial charge in [-0.1, -0.05) is 69.0 Å². The minimum Gasteiger partial charge on any atom is -0.469 e. The summed E-state index contributed by atoms with van der Waals surface area (Å²) in [5.74, 6) is -1.21. The molecule has 0 radical (unpaired) electrons. The molecule has 2 aromatic carbocycles. The van der Waals surface area contributed by atoms with Gasteiger partial charge in [0, 0.05) is 24.7 Å². The van der Waals surface area contributed by atoms with E-state index in [0.29, 0.717) is 49.7 Å². The van der Waals surface area contributed by atoms with Crippen molar-refractivity contribution >= 4 is 17.9 Å². The molecule has 218 valence electrons. The number of ether oxygens (including phenoxy) is 3. The van der Waals surface area contributed by atoms with E-state index in [4.69, 9.17) is 14.2 Å². The first-order valence-corrected chi connectivity index (χ1v) is 14.7. The highest BCUT2D eigenvalue weighted by molar-refractivity contribution is 5.90. The molecule has 3 rings (SSSR count). The van der Waals surface area contributed by atoms with Crippen LogP contribution in [0.15, 0.2) is 60.7 Å². The second kappa shape index (κ2) is 16.8. The second-order valence-corrected chi connectivity index (χ2v) is 10.7. The van der Waals surface area contributed by atoms with E-state index in [9.17, 15) is 19.5 Å². The summed E-state index contributed by atoms with van der Waals surface area (Å²) >= 11 is 0. The van der Waals surface area contributed by atoms with Gasteiger partial charge in [-0.3, -0.25) is 4.79 Å². The van der Waals surface area contributed by atoms with E-state index in [1.807, 2.05) is 12.1 Å². The molecule has 1 aliphatic rings. The summed E-state index contributed by atoms with van der Waals surface area (Å²) in [7, 11) is 1.38. The lowest BCUT2D eigenvalue weighted by Crippen LogP contribution is -2.28. The largest absolute Gasteiger partial charge is 0.469 e. The molecule has 1 saturated carbocycles. The van der Waals surface area contributed by atoms with Crippen LogP contribution in [0.25, 0.3) is 0 Å². The first-order valence-electron chi connectivity index (χ1n) is 14.7. The molecule has 0 aromatic heterocycles. The van der Waals surface area contributed by atoms with Crippen molar-refractivity contribution in [3.8, 4) is 0 Å². The number of benzene rings is 2. The van der Waals surface area contributed by atoms with Gasteiger partial charge in [-0.05, 0) is 56.4 Å². The highest BCUT2D eigenvalue weighted by atomic mass is 16.6. The van der Waals surface area contributed by atoms with Crippen LogP contribution in [-0.4, -0.2) is 48.4 Å². The summed E-state index contributed by atoms with van der Waals surface area (Å²) in [6, 6.07) is 17.8. The van der Waals surface area contributed by atoms with Crippen LogP contribution in [0.5, 0.6) is 0 Å². The molecule has 7 heteroatoms. The standard InChI is InChI=1S/C33H44O7/c1-3-4-7-18-26(34)21-22-28-27(19-12-13-20-31(35)38-2)29(39-32(36)24-14-8-5-9-15-24)23-30(28)40-33(37)25-16-10-6-11-17-25/h5-6,8-11,14-17,26-30,34H,3-4,7,12-13,18-23H2,1-2H3/t26-,27+,28-,29+,30-/m0/s1. The van der Waals surface area contributed by atoms with Gasteiger partial charge in [0.25, 0.3) is 0 Å². The number of hydrogen-bond donors (Lipinski definition) is 1. The van der Waals surface area contributed by atoms with E-state index >= 15 is 0 Å². The lowest BCUT2D eigenvalue weighted by atomic mass is 9.84. The van der Waals surface area contributed by atoms with E-state index in [1.165, 1.54) is 7.11 Å². The molecule has 0 bridgehead atoms. The first kappa shape index (κ1) is 31.3. The number of methoxy groups -OCH3 is 1. The minimum atomic E-state index is -0.449. The van der Waals surface area contributed by atoms with Crippen molar-refractivity contribution in [3.63, 3.8) is 0 Å². The number of aliphatic hydroxyl groups excluding tert-OH is 1. The normalized spacial score (nSPS) is 21.0. The molecule has 5 atom stereocenters. The summed E-state index contributed by atoms with van der Waals surface area (Å²) < 4.78 is 16.9. The van der Waals surface area contributed by atoms with Gasteiger partial charge in [0.05, 0.1) is 24.3 Å². The molecule has 0 aliphatic heterocycles. The van der Waals surface area contributed by atoms with E-state index in [0.717, 1.165) is 32.1 Å². The SMILES string of the molecule is CCCCC[C@H](O)CC[C@H]1[C@@H](CCCCC(=O)OC)[C@H](OC(=O)c2ccccc2)C[C@@H]1OC(=O)c1ccccc1. The van der Waals surface area contributed by atoms with Crippen molar-refractivity contribution in [2.24, 2.45) is 11.8 Å². The van der Waals surface area contributed by atoms with Crippen molar-refractivity contribution in [2.45, 2.75) is 95.9 Å². The third kappa shape index (κ3) is 9.77. The van der Waals surface area contributed by atoms with Crippen LogP contribution < -0.4 is 0 Å². The molecular formula is C33H44O7. The molecular weight excluding hydrogens is 508 g/mol. The van der Waals surface area contributed by atoms with Crippen molar-refractivity contribution < 1.29 is 33.7 Å². The Morgan fingerprint density at radius 1 is 0.775 bits per heavy atom. The van der Waals surface area contributed by atoms with Crippen molar-refractivity contribution in [1.82, 2.24) is 0 Å². The Balaban J connectivity index is 1.78. The van der Waals surface area contributed by atoms with Crippen LogP contribution in [0.4, 0.5) is 0 Å². The molecule has 7 nitrogen and oxygen atoms in total. The maximum absolute atomic E-state index is 13.1. The Labute approximate surface area is 238 Å². The highest BCUT2D eigenvalue weighted by Gasteiger charge is 2.46. The Morgan fingerprint density at radius 2 is 1.32 bits per heavy atom. The molecule has 1 N–H and O–H groups in total. The smallest absolute Gasteiger partial charge is 0.338 e. The molecule has 1 fully saturated rings. The lowest BCUT2D eigenvalue weighted by molar-refractivity contribution is -0.140. The Morgan fingerprint density at radius 3 is 1.85 bits per heavy atom. The van der Waals surface area contributed by atoms with Crippen LogP contribution in [-0.2, 0) is 19.0 Å². The fraction of sp³-hybridized carbons (Fsp3) is 0.545. The number of aliphatic hydroxyl groups is 1. The van der Waals surface area contributed by atoms with Gasteiger partial charge in [-0.15, -0.1) is 0 Å². The molecule has 0 unspecified atom stereocenters. The van der Waals surface area contributed by atoms with Gasteiger partial charge in [0.1, 0.15) is 12.2 Å². The zero-order chi connectivity index (χ0) is 28.7. The number of unbranched alkanes of at least 4 members (excludes halogenated alkanes) is 3. The second-order valence-electron chi connectivity index (χ2n) is 10.7. The quantitative estimate of drug-likeness (QED) is 0.144. The first-order chi connectivity index (χ1) is 19.4. The fourth-order valence-corrected chi connectivity index (χ4v) is 5.67. The van der Waals surface area contributed by atoms with E-state index in [-0.39, 0.29) is 17.8 Å². The lowest BCUT2D eigenvalue weighted by Gasteiger charge is -2.27. The van der Waals surface area contributed by atoms with Crippen LogP contribution in [0.3, 0.4) is 0 Å². The van der Waals surface area contributed by atoms with Crippen LogP contribution in [0, 0.1) is 11.8 Å². The number of rotatable bonds is 16. The van der Waals surface area contributed by atoms with Crippen LogP contribution >= 0.6 is 0 Å². The molecule has 0 spiro atoms. The molecule has 0 heterocycles. The summed E-state index contributed by atoms with van der Waals surface area (Å²) in [6.45, 7) is 2.14. The van der Waals surface area contributed by atoms with Crippen molar-refractivity contribution in [3.05, 3.63) is 71.8 Å². The molecule has 0 amide bonds. The Bertz CT molecular complexity index is 1040. The Hall–Kier alpha value is -3.19. The number of esters is 3. The summed E-state index contributed by atoms with van der Waals surface area (Å²) in [5, 5.41) is 10.7. The fourth-order valence-electron chi connectivity index (χ4n) is 5.67. The molecule has 1 aliphatic carbocycles. The number of hydrogen-bond acceptors (Lipinski definition) is 7. The molecule has 0 saturated heterocycles. The third-order valence-electron chi connectivity index (χ3n) is 7.88. The van der Waals surface area contributed by atoms with Gasteiger partial charge >= 0.3 is 17.9 Å². The van der Waals surface area contributed by atoms with E-state index in [2.05, 4.69) is 6.92 Å². The summed E-state index contributed by atoms with van der Waals surface area (Å²) in [6.07, 6.45) is 6.64. The third-order valence-corrected chi connectivity index (χ3v) is 7.88. The van der Waals surface area contributed by atoms with Gasteiger partial charge in [-0.2, -0.15) is 0 Å². The monoisotopic (exact) mass is 552 g/mol. The predicted molar refractivity (Wildman–Crippen MR) is 153 cm³/mol. The Kier molecular flexibility index (Phi) is 13.2. The average molecular weight is 553 g/mol. The van der Waals surface area contributed by atoms with Gasteiger partial charge in [0.2, 0.25) is 0 Å². The predicted octanol–water partition coefficient (Wildman–Crippen LogP) is 6.53. The number of carbonyl (C=O) groups excluding carboxylic acids is 3. The topological polar surface area (TPSA) is 99.1 Å². The summed E-state index contributed by atoms with van der Waals surface area (Å²) in [5.41, 5.74) is 0.944. The van der Waals surface area contributed by atoms with Gasteiger partial charge < -0.3 is 19.3 Å². The maximum atomic E-state index is 13.1. The maximum Gasteiger partial charge on any atom is 0.338 e.